The fourth-order valence-corrected chi connectivity index (χ4v) is 1.25. The largest absolute Gasteiger partial charge is 0.480 e. The predicted molar refractivity (Wildman–Crippen MR) is 60.9 cm³/mol. The number of nitrogens with one attached hydrogen (secondary N) is 1. The third-order valence-corrected chi connectivity index (χ3v) is 3.12. The Bertz CT molecular complexity index is 318. The monoisotopic (exact) mass is 225 g/mol. The van der Waals surface area contributed by atoms with Crippen LogP contribution in [0.1, 0.15) is 33.6 Å². The van der Waals surface area contributed by atoms with Crippen LogP contribution >= 0.6 is 0 Å². The molecular weight excluding hydrogens is 206 g/mol. The maximum absolute atomic E-state index is 11.5. The van der Waals surface area contributed by atoms with Gasteiger partial charge in [-0.25, -0.2) is 4.79 Å². The van der Waals surface area contributed by atoms with Gasteiger partial charge in [0.05, 0.1) is 0 Å². The van der Waals surface area contributed by atoms with Crippen molar-refractivity contribution in [2.45, 2.75) is 39.2 Å². The van der Waals surface area contributed by atoms with Crippen LogP contribution in [0.5, 0.6) is 0 Å². The van der Waals surface area contributed by atoms with Crippen molar-refractivity contribution in [2.75, 3.05) is 0 Å². The predicted octanol–water partition coefficient (Wildman–Crippen LogP) is 1.57. The molecule has 0 spiro atoms. The van der Waals surface area contributed by atoms with Crippen LogP contribution in [-0.4, -0.2) is 22.5 Å². The van der Waals surface area contributed by atoms with Gasteiger partial charge in [0.15, 0.2) is 0 Å². The molecule has 2 N–H and O–H groups in total. The number of carbonyl (C=O) groups excluding carboxylic acids is 1. The van der Waals surface area contributed by atoms with Gasteiger partial charge >= 0.3 is 5.97 Å². The summed E-state index contributed by atoms with van der Waals surface area (Å²) in [6.45, 7) is 5.08. The standard InChI is InChI=1S/C12H19NO3/c1-8(2)12(3,11(15)16)13-10(14)7-6-9-4-5-9/h6-9H,4-5H2,1-3H3,(H,13,14)(H,15,16)/b7-6+. The first-order valence-electron chi connectivity index (χ1n) is 5.60. The Morgan fingerprint density at radius 2 is 2.00 bits per heavy atom. The van der Waals surface area contributed by atoms with Crippen LogP contribution in [0, 0.1) is 11.8 Å². The lowest BCUT2D eigenvalue weighted by molar-refractivity contribution is -0.148. The Morgan fingerprint density at radius 1 is 1.44 bits per heavy atom. The van der Waals surface area contributed by atoms with Gasteiger partial charge in [0.25, 0.3) is 0 Å². The van der Waals surface area contributed by atoms with Crippen LogP contribution in [0.3, 0.4) is 0 Å². The second kappa shape index (κ2) is 4.68. The summed E-state index contributed by atoms with van der Waals surface area (Å²) in [6.07, 6.45) is 5.55. The summed E-state index contributed by atoms with van der Waals surface area (Å²) >= 11 is 0. The molecule has 0 saturated heterocycles. The summed E-state index contributed by atoms with van der Waals surface area (Å²) < 4.78 is 0. The quantitative estimate of drug-likeness (QED) is 0.698. The third kappa shape index (κ3) is 3.08. The molecule has 1 atom stereocenters. The van der Waals surface area contributed by atoms with Crippen molar-refractivity contribution in [1.29, 1.82) is 0 Å². The lowest BCUT2D eigenvalue weighted by Gasteiger charge is -2.29. The summed E-state index contributed by atoms with van der Waals surface area (Å²) in [5, 5.41) is 11.7. The molecule has 0 aromatic carbocycles. The Balaban J connectivity index is 2.60. The first-order valence-corrected chi connectivity index (χ1v) is 5.60. The number of amides is 1. The molecule has 4 heteroatoms. The van der Waals surface area contributed by atoms with Gasteiger partial charge in [0.2, 0.25) is 5.91 Å². The van der Waals surface area contributed by atoms with Gasteiger partial charge in [-0.2, -0.15) is 0 Å². The fraction of sp³-hybridized carbons (Fsp3) is 0.667. The van der Waals surface area contributed by atoms with E-state index in [9.17, 15) is 9.59 Å². The summed E-state index contributed by atoms with van der Waals surface area (Å²) in [6, 6.07) is 0. The Labute approximate surface area is 95.7 Å². The summed E-state index contributed by atoms with van der Waals surface area (Å²) in [4.78, 5) is 22.6. The highest BCUT2D eigenvalue weighted by molar-refractivity contribution is 5.93. The number of allylic oxidation sites excluding steroid dienone is 1. The van der Waals surface area contributed by atoms with Crippen LogP contribution in [-0.2, 0) is 9.59 Å². The third-order valence-electron chi connectivity index (χ3n) is 3.12. The van der Waals surface area contributed by atoms with Crippen LogP contribution in [0.15, 0.2) is 12.2 Å². The van der Waals surface area contributed by atoms with E-state index in [1.54, 1.807) is 13.8 Å². The first-order chi connectivity index (χ1) is 7.36. The van der Waals surface area contributed by atoms with E-state index < -0.39 is 11.5 Å². The maximum atomic E-state index is 11.5. The maximum Gasteiger partial charge on any atom is 0.329 e. The van der Waals surface area contributed by atoms with Gasteiger partial charge in [0, 0.05) is 0 Å². The number of carboxylic acids is 1. The highest BCUT2D eigenvalue weighted by Crippen LogP contribution is 2.29. The first kappa shape index (κ1) is 12.7. The van der Waals surface area contributed by atoms with Crippen LogP contribution in [0.25, 0.3) is 0 Å². The minimum Gasteiger partial charge on any atom is -0.480 e. The highest BCUT2D eigenvalue weighted by Gasteiger charge is 2.37. The van der Waals surface area contributed by atoms with Gasteiger partial charge in [-0.3, -0.25) is 4.79 Å². The highest BCUT2D eigenvalue weighted by atomic mass is 16.4. The smallest absolute Gasteiger partial charge is 0.329 e. The lowest BCUT2D eigenvalue weighted by Crippen LogP contribution is -2.55. The van der Waals surface area contributed by atoms with E-state index in [-0.39, 0.29) is 11.8 Å². The molecular formula is C12H19NO3. The van der Waals surface area contributed by atoms with Gasteiger partial charge in [0.1, 0.15) is 5.54 Å². The molecule has 1 rings (SSSR count). The normalized spacial score (nSPS) is 19.8. The van der Waals surface area contributed by atoms with E-state index in [0.29, 0.717) is 5.92 Å². The van der Waals surface area contributed by atoms with Gasteiger partial charge in [-0.15, -0.1) is 0 Å². The number of carbonyl (C=O) groups is 2. The summed E-state index contributed by atoms with van der Waals surface area (Å²) in [7, 11) is 0. The number of hydrogen-bond donors (Lipinski definition) is 2. The second-order valence-corrected chi connectivity index (χ2v) is 4.85. The van der Waals surface area contributed by atoms with E-state index in [1.165, 1.54) is 13.0 Å². The summed E-state index contributed by atoms with van der Waals surface area (Å²) in [5.41, 5.74) is -1.20. The number of rotatable bonds is 5. The van der Waals surface area contributed by atoms with Crippen LogP contribution < -0.4 is 5.32 Å². The molecule has 0 aromatic rings. The topological polar surface area (TPSA) is 66.4 Å². The van der Waals surface area contributed by atoms with Crippen molar-refractivity contribution in [3.63, 3.8) is 0 Å². The van der Waals surface area contributed by atoms with Crippen molar-refractivity contribution in [1.82, 2.24) is 5.32 Å². The minimum absolute atomic E-state index is 0.164. The number of aliphatic carboxylic acids is 1. The molecule has 1 aliphatic carbocycles. The van der Waals surface area contributed by atoms with Crippen LogP contribution in [0.2, 0.25) is 0 Å². The van der Waals surface area contributed by atoms with E-state index in [0.717, 1.165) is 12.8 Å². The number of carboxylic acid groups (broad SMARTS) is 1. The molecule has 0 aliphatic heterocycles. The van der Waals surface area contributed by atoms with Crippen molar-refractivity contribution in [3.05, 3.63) is 12.2 Å². The van der Waals surface area contributed by atoms with Crippen molar-refractivity contribution in [3.8, 4) is 0 Å². The molecule has 0 aromatic heterocycles. The van der Waals surface area contributed by atoms with E-state index in [4.69, 9.17) is 5.11 Å². The SMILES string of the molecule is CC(C)C(C)(NC(=O)/C=C/C1CC1)C(=O)O. The zero-order valence-corrected chi connectivity index (χ0v) is 9.99. The zero-order valence-electron chi connectivity index (χ0n) is 9.99. The zero-order chi connectivity index (χ0) is 12.3. The van der Waals surface area contributed by atoms with E-state index in [1.807, 2.05) is 6.08 Å². The lowest BCUT2D eigenvalue weighted by atomic mass is 9.88. The minimum atomic E-state index is -1.20. The molecule has 90 valence electrons. The number of hydrogen-bond acceptors (Lipinski definition) is 2. The van der Waals surface area contributed by atoms with Crippen molar-refractivity contribution in [2.24, 2.45) is 11.8 Å². The van der Waals surface area contributed by atoms with Crippen molar-refractivity contribution >= 4 is 11.9 Å². The molecule has 0 radical (unpaired) electrons. The van der Waals surface area contributed by atoms with Gasteiger partial charge in [-0.1, -0.05) is 19.9 Å². The van der Waals surface area contributed by atoms with Gasteiger partial charge < -0.3 is 10.4 Å². The Kier molecular flexibility index (Phi) is 3.73. The Morgan fingerprint density at radius 3 is 2.38 bits per heavy atom. The van der Waals surface area contributed by atoms with Crippen LogP contribution in [0.4, 0.5) is 0 Å². The molecule has 1 saturated carbocycles. The second-order valence-electron chi connectivity index (χ2n) is 4.85. The molecule has 1 unspecified atom stereocenters. The molecule has 0 heterocycles. The van der Waals surface area contributed by atoms with E-state index >= 15 is 0 Å². The molecule has 4 nitrogen and oxygen atoms in total. The van der Waals surface area contributed by atoms with Crippen molar-refractivity contribution < 1.29 is 14.7 Å². The average molecular weight is 225 g/mol. The summed E-state index contributed by atoms with van der Waals surface area (Å²) in [5.74, 6) is -0.981. The van der Waals surface area contributed by atoms with Gasteiger partial charge in [-0.05, 0) is 37.7 Å². The molecule has 1 fully saturated rings. The average Bonchev–Trinajstić information content (AvgIpc) is 2.97. The molecule has 1 aliphatic rings. The molecule has 16 heavy (non-hydrogen) atoms. The Hall–Kier alpha value is -1.32. The van der Waals surface area contributed by atoms with E-state index in [2.05, 4.69) is 5.32 Å². The fourth-order valence-electron chi connectivity index (χ4n) is 1.25. The molecule has 1 amide bonds. The molecule has 0 bridgehead atoms.